The Hall–Kier alpha value is 2.45. The SMILES string of the molecule is CO[Si]1(O)O[Si@H](O[SiH](C)C)O[Si@]2(O[SiH](C)C)O[Si@@]3(O[SiH](C)C)OC4[Si](O[SiH](C)C)(O[Si](O[SiH](C)C)(O1)O[Si@]4(O[SiH](C)C)OC[Si]1(O)OC2([SiH2]C)O1)O3. The standard InChI is InChI=1S/C17H56O20Si15/c1-20-50(19)32-45(25-39(3)4)31-49(28-42(9)10)17(38-2)23-46(18,24-17)15-21-47(26-40(5)6)16-22-51(36-49,29-43(11)12)34-48(16,27-41(7)8)35-52(33-47,37-50)30-44(13)14/h16,18-19,39-45H,15,38H2,1-14H3/t16?,17?,45-,46?,47+,48?,49+,50?,51-,52?/m1/s1. The third kappa shape index (κ3) is 9.26. The topological polar surface area (TPSA) is 207 Å². The second-order valence-electron chi connectivity index (χ2n) is 14.4. The highest BCUT2D eigenvalue weighted by molar-refractivity contribution is 7.02. The summed E-state index contributed by atoms with van der Waals surface area (Å²) in [4.78, 5) is 24.3. The van der Waals surface area contributed by atoms with Crippen LogP contribution in [0, 0.1) is 0 Å². The van der Waals surface area contributed by atoms with Gasteiger partial charge in [0.25, 0.3) is 0 Å². The highest BCUT2D eigenvalue weighted by Gasteiger charge is 2.90. The Labute approximate surface area is 327 Å². The second kappa shape index (κ2) is 16.5. The molecule has 304 valence electrons. The molecular formula is C17H56O20Si15. The van der Waals surface area contributed by atoms with Crippen molar-refractivity contribution >= 4 is 136 Å². The zero-order chi connectivity index (χ0) is 38.8. The van der Waals surface area contributed by atoms with Crippen molar-refractivity contribution in [1.82, 2.24) is 0 Å². The predicted octanol–water partition coefficient (Wildman–Crippen LogP) is -2.96. The molecule has 6 rings (SSSR count). The van der Waals surface area contributed by atoms with Crippen LogP contribution >= 0.6 is 0 Å². The lowest BCUT2D eigenvalue weighted by atomic mass is 11.4. The summed E-state index contributed by atoms with van der Waals surface area (Å²) in [6.07, 6.45) is -0.458. The van der Waals surface area contributed by atoms with Crippen LogP contribution in [0.2, 0.25) is 85.1 Å². The van der Waals surface area contributed by atoms with Gasteiger partial charge in [0.1, 0.15) is 6.23 Å². The average Bonchev–Trinajstić information content (AvgIpc) is 3.23. The van der Waals surface area contributed by atoms with Gasteiger partial charge in [-0.3, -0.25) is 0 Å². The van der Waals surface area contributed by atoms with Crippen molar-refractivity contribution in [3.63, 3.8) is 0 Å². The first-order valence-electron chi connectivity index (χ1n) is 17.6. The molecule has 6 heterocycles. The molecule has 2 N–H and O–H groups in total. The molecule has 0 spiro atoms. The summed E-state index contributed by atoms with van der Waals surface area (Å²) in [6.45, 7) is 25.0. The summed E-state index contributed by atoms with van der Waals surface area (Å²) in [5.41, 5.74) is 0. The third-order valence-electron chi connectivity index (χ3n) is 7.34. The molecule has 20 nitrogen and oxygen atoms in total. The quantitative estimate of drug-likeness (QED) is 0.167. The maximum Gasteiger partial charge on any atom is 0.663 e. The molecule has 0 aliphatic carbocycles. The van der Waals surface area contributed by atoms with E-state index in [0.29, 0.717) is 0 Å². The third-order valence-corrected chi connectivity index (χ3v) is 54.0. The summed E-state index contributed by atoms with van der Waals surface area (Å²) in [7, 11) is -48.6. The fraction of sp³-hybridized carbons (Fsp3) is 1.00. The molecular weight excluding hydrogens is 945 g/mol. The largest absolute Gasteiger partial charge is 0.663 e. The fourth-order valence-electron chi connectivity index (χ4n) is 5.95. The van der Waals surface area contributed by atoms with E-state index in [1.54, 1.807) is 0 Å². The number of hydrogen-bond acceptors (Lipinski definition) is 20. The van der Waals surface area contributed by atoms with Gasteiger partial charge >= 0.3 is 71.9 Å². The van der Waals surface area contributed by atoms with Gasteiger partial charge in [-0.1, -0.05) is 6.55 Å². The molecule has 0 aromatic carbocycles. The van der Waals surface area contributed by atoms with Crippen molar-refractivity contribution in [2.45, 2.75) is 95.5 Å². The zero-order valence-electron chi connectivity index (χ0n) is 32.3. The molecule has 6 fully saturated rings. The Morgan fingerprint density at radius 2 is 1.17 bits per heavy atom. The van der Waals surface area contributed by atoms with Gasteiger partial charge < -0.3 is 85.2 Å². The highest BCUT2D eigenvalue weighted by Crippen LogP contribution is 2.52. The average molecular weight is 1000 g/mol. The maximum atomic E-state index is 12.3. The van der Waals surface area contributed by atoms with Crippen LogP contribution in [0.15, 0.2) is 0 Å². The fourth-order valence-corrected chi connectivity index (χ4v) is 65.7. The zero-order valence-corrected chi connectivity index (χ0v) is 48.8. The van der Waals surface area contributed by atoms with E-state index in [0.717, 1.165) is 0 Å². The lowest BCUT2D eigenvalue weighted by Gasteiger charge is -2.58. The summed E-state index contributed by atoms with van der Waals surface area (Å²) in [5.74, 6) is 0. The van der Waals surface area contributed by atoms with Crippen LogP contribution in [-0.2, 0) is 75.6 Å². The lowest BCUT2D eigenvalue weighted by Crippen LogP contribution is -2.88. The summed E-state index contributed by atoms with van der Waals surface area (Å²) < 4.78 is 121. The Morgan fingerprint density at radius 1 is 0.654 bits per heavy atom. The first kappa shape index (κ1) is 45.5. The molecule has 35 heteroatoms. The normalized spacial score (nSPS) is 45.3. The van der Waals surface area contributed by atoms with Gasteiger partial charge in [0.2, 0.25) is 0 Å². The second-order valence-corrected chi connectivity index (χ2v) is 53.6. The smallest absolute Gasteiger partial charge is 0.422 e. The molecule has 6 saturated heterocycles. The van der Waals surface area contributed by atoms with Crippen LogP contribution in [0.25, 0.3) is 0 Å². The molecule has 52 heavy (non-hydrogen) atoms. The van der Waals surface area contributed by atoms with Gasteiger partial charge in [-0.25, -0.2) is 0 Å². The minimum Gasteiger partial charge on any atom is -0.422 e. The summed E-state index contributed by atoms with van der Waals surface area (Å²) in [5, 5.41) is -2.95. The molecule has 0 radical (unpaired) electrons. The van der Waals surface area contributed by atoms with E-state index in [1.165, 1.54) is 7.11 Å². The molecule has 0 aromatic heterocycles. The number of hydrogen-bond donors (Lipinski definition) is 2. The number of fused-ring (bicyclic) bond motifs is 2. The predicted molar refractivity (Wildman–Crippen MR) is 216 cm³/mol. The molecule has 0 saturated carbocycles. The van der Waals surface area contributed by atoms with Gasteiger partial charge in [-0.15, -0.1) is 0 Å². The Morgan fingerprint density at radius 3 is 1.69 bits per heavy atom. The molecule has 0 aromatic rings. The van der Waals surface area contributed by atoms with E-state index >= 15 is 0 Å². The summed E-state index contributed by atoms with van der Waals surface area (Å²) >= 11 is 0. The van der Waals surface area contributed by atoms with Crippen LogP contribution in [0.1, 0.15) is 0 Å². The molecule has 7 bridgehead atoms. The molecule has 8 atom stereocenters. The van der Waals surface area contributed by atoms with Crippen LogP contribution < -0.4 is 0 Å². The van der Waals surface area contributed by atoms with Crippen LogP contribution in [-0.4, -0.2) is 169 Å². The molecule has 6 aliphatic heterocycles. The van der Waals surface area contributed by atoms with Crippen LogP contribution in [0.3, 0.4) is 0 Å². The Bertz CT molecular complexity index is 1260. The van der Waals surface area contributed by atoms with E-state index in [2.05, 4.69) is 0 Å². The minimum atomic E-state index is -4.90. The van der Waals surface area contributed by atoms with Crippen molar-refractivity contribution in [3.05, 3.63) is 0 Å². The Balaban J connectivity index is 1.92. The van der Waals surface area contributed by atoms with Crippen molar-refractivity contribution in [2.75, 3.05) is 13.3 Å². The maximum absolute atomic E-state index is 12.3. The molecule has 4 unspecified atom stereocenters. The van der Waals surface area contributed by atoms with E-state index in [-0.39, 0.29) is 0 Å². The van der Waals surface area contributed by atoms with Gasteiger partial charge in [0, 0.05) is 7.11 Å². The van der Waals surface area contributed by atoms with Crippen LogP contribution in [0.4, 0.5) is 0 Å². The van der Waals surface area contributed by atoms with Crippen molar-refractivity contribution in [3.8, 4) is 0 Å². The van der Waals surface area contributed by atoms with Gasteiger partial charge in [0.05, 0.1) is 9.52 Å². The van der Waals surface area contributed by atoms with E-state index in [1.807, 2.05) is 85.1 Å². The van der Waals surface area contributed by atoms with Crippen molar-refractivity contribution in [1.29, 1.82) is 0 Å². The van der Waals surface area contributed by atoms with E-state index in [9.17, 15) is 9.59 Å². The summed E-state index contributed by atoms with van der Waals surface area (Å²) in [6, 6.07) is 0. The first-order chi connectivity index (χ1) is 23.9. The van der Waals surface area contributed by atoms with Gasteiger partial charge in [-0.2, -0.15) is 0 Å². The monoisotopic (exact) mass is 1000 g/mol. The van der Waals surface area contributed by atoms with Crippen molar-refractivity contribution in [2.24, 2.45) is 0 Å². The van der Waals surface area contributed by atoms with Crippen molar-refractivity contribution < 1.29 is 85.2 Å². The highest BCUT2D eigenvalue weighted by atomic mass is 28.6. The lowest BCUT2D eigenvalue weighted by molar-refractivity contribution is -0.192. The minimum absolute atomic E-state index is 0.458. The van der Waals surface area contributed by atoms with Gasteiger partial charge in [0.15, 0.2) is 64.6 Å². The van der Waals surface area contributed by atoms with Gasteiger partial charge in [-0.05, 0) is 78.6 Å². The molecule has 0 amide bonds. The Kier molecular flexibility index (Phi) is 14.4. The van der Waals surface area contributed by atoms with E-state index in [4.69, 9.17) is 75.6 Å². The van der Waals surface area contributed by atoms with Crippen LogP contribution in [0.5, 0.6) is 0 Å². The number of rotatable bonds is 14. The van der Waals surface area contributed by atoms with E-state index < -0.39 is 152 Å². The molecule has 6 aliphatic rings. The first-order valence-corrected chi connectivity index (χ1v) is 50.0.